The van der Waals surface area contributed by atoms with E-state index in [0.29, 0.717) is 11.1 Å². The summed E-state index contributed by atoms with van der Waals surface area (Å²) in [7, 11) is 0. The third-order valence-electron chi connectivity index (χ3n) is 3.45. The molecule has 5 heteroatoms. The highest BCUT2D eigenvalue weighted by atomic mass is 32.2. The van der Waals surface area contributed by atoms with Crippen LogP contribution in [0, 0.1) is 5.41 Å². The molecule has 0 aromatic heterocycles. The number of nitrogens with one attached hydrogen (secondary N) is 1. The van der Waals surface area contributed by atoms with Crippen LogP contribution >= 0.6 is 11.8 Å². The Morgan fingerprint density at radius 2 is 2.00 bits per heavy atom. The summed E-state index contributed by atoms with van der Waals surface area (Å²) in [4.78, 5) is 0.932. The van der Waals surface area contributed by atoms with Gasteiger partial charge in [0, 0.05) is 22.9 Å². The number of alkyl halides is 3. The average Bonchev–Trinajstić information content (AvgIpc) is 3.06. The fourth-order valence-electron chi connectivity index (χ4n) is 2.03. The molecular weight excluding hydrogens is 247 g/mol. The number of halogens is 3. The van der Waals surface area contributed by atoms with Gasteiger partial charge in [-0.15, -0.1) is 11.8 Å². The Kier molecular flexibility index (Phi) is 2.37. The highest BCUT2D eigenvalue weighted by Gasteiger charge is 2.43. The van der Waals surface area contributed by atoms with Crippen LogP contribution in [0.4, 0.5) is 18.9 Å². The van der Waals surface area contributed by atoms with E-state index < -0.39 is 11.7 Å². The van der Waals surface area contributed by atoms with E-state index in [4.69, 9.17) is 0 Å². The van der Waals surface area contributed by atoms with E-state index >= 15 is 0 Å². The van der Waals surface area contributed by atoms with Crippen LogP contribution in [-0.4, -0.2) is 12.3 Å². The summed E-state index contributed by atoms with van der Waals surface area (Å²) < 4.78 is 37.8. The fourth-order valence-corrected chi connectivity index (χ4v) is 3.34. The predicted octanol–water partition coefficient (Wildman–Crippen LogP) is 4.00. The van der Waals surface area contributed by atoms with Crippen LogP contribution in [0.1, 0.15) is 18.4 Å². The van der Waals surface area contributed by atoms with Crippen LogP contribution in [0.5, 0.6) is 0 Å². The minimum atomic E-state index is -4.26. The molecule has 0 radical (unpaired) electrons. The molecule has 1 fully saturated rings. The second-order valence-corrected chi connectivity index (χ2v) is 5.87. The summed E-state index contributed by atoms with van der Waals surface area (Å²) in [6.07, 6.45) is -1.88. The van der Waals surface area contributed by atoms with Crippen LogP contribution in [0.15, 0.2) is 23.1 Å². The molecular formula is C12H12F3NS. The Labute approximate surface area is 102 Å². The Morgan fingerprint density at radius 3 is 2.65 bits per heavy atom. The fraction of sp³-hybridized carbons (Fsp3) is 0.500. The molecule has 0 atom stereocenters. The van der Waals surface area contributed by atoms with Crippen LogP contribution in [0.3, 0.4) is 0 Å². The molecule has 1 aliphatic carbocycles. The van der Waals surface area contributed by atoms with E-state index in [-0.39, 0.29) is 0 Å². The number of benzene rings is 1. The maximum Gasteiger partial charge on any atom is 0.416 e. The van der Waals surface area contributed by atoms with E-state index in [1.165, 1.54) is 25.0 Å². The highest BCUT2D eigenvalue weighted by Crippen LogP contribution is 2.52. The molecule has 1 aromatic carbocycles. The third kappa shape index (κ3) is 2.12. The van der Waals surface area contributed by atoms with Crippen LogP contribution < -0.4 is 5.32 Å². The van der Waals surface area contributed by atoms with Crippen LogP contribution in [-0.2, 0) is 6.18 Å². The summed E-state index contributed by atoms with van der Waals surface area (Å²) in [5.74, 6) is 1.01. The molecule has 0 bridgehead atoms. The molecule has 1 heterocycles. The van der Waals surface area contributed by atoms with Gasteiger partial charge < -0.3 is 5.32 Å². The summed E-state index contributed by atoms with van der Waals surface area (Å²) in [6, 6.07) is 3.97. The van der Waals surface area contributed by atoms with Gasteiger partial charge in [-0.05, 0) is 36.5 Å². The van der Waals surface area contributed by atoms with Gasteiger partial charge in [-0.25, -0.2) is 0 Å². The van der Waals surface area contributed by atoms with Gasteiger partial charge >= 0.3 is 6.18 Å². The predicted molar refractivity (Wildman–Crippen MR) is 62.3 cm³/mol. The highest BCUT2D eigenvalue weighted by molar-refractivity contribution is 7.99. The molecule has 1 aliphatic heterocycles. The van der Waals surface area contributed by atoms with Crippen molar-refractivity contribution in [3.8, 4) is 0 Å². The molecule has 0 saturated heterocycles. The zero-order valence-electron chi connectivity index (χ0n) is 9.10. The second-order valence-electron chi connectivity index (χ2n) is 4.85. The summed E-state index contributed by atoms with van der Waals surface area (Å²) in [5, 5.41) is 3.17. The normalized spacial score (nSPS) is 21.6. The molecule has 0 amide bonds. The van der Waals surface area contributed by atoms with Crippen LogP contribution in [0.25, 0.3) is 0 Å². The first kappa shape index (κ1) is 11.3. The maximum absolute atomic E-state index is 12.6. The van der Waals surface area contributed by atoms with E-state index in [1.807, 2.05) is 0 Å². The first-order chi connectivity index (χ1) is 7.99. The molecule has 1 spiro atoms. The number of rotatable bonds is 0. The smallest absolute Gasteiger partial charge is 0.384 e. The Hall–Kier alpha value is -0.840. The third-order valence-corrected chi connectivity index (χ3v) is 4.88. The standard InChI is InChI=1S/C12H12F3NS/c13-12(14,15)8-1-2-10-9(5-8)16-6-11(3-4-11)7-17-10/h1-2,5,16H,3-4,6-7H2. The number of hydrogen-bond donors (Lipinski definition) is 1. The number of fused-ring (bicyclic) bond motifs is 1. The average molecular weight is 259 g/mol. The largest absolute Gasteiger partial charge is 0.416 e. The molecule has 17 heavy (non-hydrogen) atoms. The number of hydrogen-bond acceptors (Lipinski definition) is 2. The number of anilines is 1. The van der Waals surface area contributed by atoms with Crippen molar-refractivity contribution in [3.05, 3.63) is 23.8 Å². The van der Waals surface area contributed by atoms with Crippen molar-refractivity contribution in [1.82, 2.24) is 0 Å². The Morgan fingerprint density at radius 1 is 1.24 bits per heavy atom. The summed E-state index contributed by atoms with van der Waals surface area (Å²) >= 11 is 1.67. The lowest BCUT2D eigenvalue weighted by atomic mass is 10.1. The zero-order valence-corrected chi connectivity index (χ0v) is 9.92. The topological polar surface area (TPSA) is 12.0 Å². The van der Waals surface area contributed by atoms with Gasteiger partial charge in [0.25, 0.3) is 0 Å². The lowest BCUT2D eigenvalue weighted by Crippen LogP contribution is -2.15. The van der Waals surface area contributed by atoms with E-state index in [2.05, 4.69) is 5.32 Å². The van der Waals surface area contributed by atoms with E-state index in [0.717, 1.165) is 17.2 Å². The van der Waals surface area contributed by atoms with E-state index in [1.54, 1.807) is 17.8 Å². The maximum atomic E-state index is 12.6. The SMILES string of the molecule is FC(F)(F)c1ccc2c(c1)NCC1(CC1)CS2. The van der Waals surface area contributed by atoms with Gasteiger partial charge in [0.1, 0.15) is 0 Å². The monoisotopic (exact) mass is 259 g/mol. The minimum Gasteiger partial charge on any atom is -0.384 e. The second kappa shape index (κ2) is 3.57. The summed E-state index contributed by atoms with van der Waals surface area (Å²) in [5.41, 5.74) is 0.395. The van der Waals surface area contributed by atoms with Crippen molar-refractivity contribution in [2.24, 2.45) is 5.41 Å². The van der Waals surface area contributed by atoms with Gasteiger partial charge in [-0.3, -0.25) is 0 Å². The van der Waals surface area contributed by atoms with Crippen LogP contribution in [0.2, 0.25) is 0 Å². The quantitative estimate of drug-likeness (QED) is 0.755. The first-order valence-corrected chi connectivity index (χ1v) is 6.55. The molecule has 3 rings (SSSR count). The minimum absolute atomic E-state index is 0.335. The summed E-state index contributed by atoms with van der Waals surface area (Å²) in [6.45, 7) is 0.800. The molecule has 92 valence electrons. The molecule has 0 unspecified atom stereocenters. The molecule has 1 nitrogen and oxygen atoms in total. The van der Waals surface area contributed by atoms with Crippen molar-refractivity contribution >= 4 is 17.4 Å². The van der Waals surface area contributed by atoms with Gasteiger partial charge in [0.05, 0.1) is 5.56 Å². The van der Waals surface area contributed by atoms with Crippen molar-refractivity contribution in [1.29, 1.82) is 0 Å². The van der Waals surface area contributed by atoms with Gasteiger partial charge in [0.2, 0.25) is 0 Å². The van der Waals surface area contributed by atoms with Gasteiger partial charge in [0.15, 0.2) is 0 Å². The number of thioether (sulfide) groups is 1. The van der Waals surface area contributed by atoms with Gasteiger partial charge in [-0.1, -0.05) is 0 Å². The van der Waals surface area contributed by atoms with E-state index in [9.17, 15) is 13.2 Å². The molecule has 1 saturated carbocycles. The Balaban J connectivity index is 1.91. The van der Waals surface area contributed by atoms with Crippen molar-refractivity contribution in [2.75, 3.05) is 17.6 Å². The van der Waals surface area contributed by atoms with Crippen molar-refractivity contribution < 1.29 is 13.2 Å². The lowest BCUT2D eigenvalue weighted by molar-refractivity contribution is -0.137. The van der Waals surface area contributed by atoms with Gasteiger partial charge in [-0.2, -0.15) is 13.2 Å². The molecule has 2 aliphatic rings. The Bertz CT molecular complexity index is 452. The van der Waals surface area contributed by atoms with Crippen molar-refractivity contribution in [3.63, 3.8) is 0 Å². The first-order valence-electron chi connectivity index (χ1n) is 5.57. The zero-order chi connectivity index (χ0) is 12.1. The molecule has 1 aromatic rings. The van der Waals surface area contributed by atoms with Crippen molar-refractivity contribution in [2.45, 2.75) is 23.9 Å². The molecule has 1 N–H and O–H groups in total. The lowest BCUT2D eigenvalue weighted by Gasteiger charge is -2.12.